The van der Waals surface area contributed by atoms with E-state index in [9.17, 15) is 0 Å². The van der Waals surface area contributed by atoms with E-state index in [0.717, 1.165) is 5.41 Å². The summed E-state index contributed by atoms with van der Waals surface area (Å²) in [6, 6.07) is 0. The molecule has 0 aromatic carbocycles. The Morgan fingerprint density at radius 3 is 2.00 bits per heavy atom. The van der Waals surface area contributed by atoms with E-state index in [1.54, 1.807) is 0 Å². The van der Waals surface area contributed by atoms with Crippen LogP contribution in [-0.2, 0) is 0 Å². The van der Waals surface area contributed by atoms with Gasteiger partial charge in [-0.15, -0.1) is 0 Å². The highest BCUT2D eigenvalue weighted by atomic mass is 15.1. The third-order valence-corrected chi connectivity index (χ3v) is 3.77. The fourth-order valence-electron chi connectivity index (χ4n) is 3.16. The average molecular weight is 211 g/mol. The summed E-state index contributed by atoms with van der Waals surface area (Å²) in [5, 5.41) is 0. The summed E-state index contributed by atoms with van der Waals surface area (Å²) < 4.78 is 0. The molecule has 2 aliphatic rings. The summed E-state index contributed by atoms with van der Waals surface area (Å²) in [7, 11) is 2.29. The van der Waals surface area contributed by atoms with Crippen molar-refractivity contribution in [2.24, 2.45) is 5.41 Å². The van der Waals surface area contributed by atoms with Crippen LogP contribution in [0.4, 0.5) is 0 Å². The maximum Gasteiger partial charge on any atom is 0.00349 e. The van der Waals surface area contributed by atoms with Crippen molar-refractivity contribution in [2.75, 3.05) is 20.1 Å². The minimum absolute atomic E-state index is 0.755. The minimum atomic E-state index is 0.755. The van der Waals surface area contributed by atoms with Gasteiger partial charge in [-0.05, 0) is 44.7 Å². The molecule has 1 saturated heterocycles. The van der Waals surface area contributed by atoms with Gasteiger partial charge in [0.05, 0.1) is 0 Å². The van der Waals surface area contributed by atoms with E-state index in [1.807, 2.05) is 0 Å². The number of piperidine rings is 1. The molecule has 0 amide bonds. The molecular formula is C14H29N. The summed E-state index contributed by atoms with van der Waals surface area (Å²) >= 11 is 0. The third-order valence-electron chi connectivity index (χ3n) is 3.77. The molecule has 15 heavy (non-hydrogen) atoms. The van der Waals surface area contributed by atoms with Crippen molar-refractivity contribution in [1.29, 1.82) is 0 Å². The maximum atomic E-state index is 2.54. The molecule has 1 aliphatic carbocycles. The highest BCUT2D eigenvalue weighted by Crippen LogP contribution is 2.42. The van der Waals surface area contributed by atoms with Crippen molar-refractivity contribution >= 4 is 0 Å². The number of likely N-dealkylation sites (tertiary alicyclic amines) is 1. The predicted molar refractivity (Wildman–Crippen MR) is 68.2 cm³/mol. The van der Waals surface area contributed by atoms with Crippen LogP contribution in [0.15, 0.2) is 0 Å². The van der Waals surface area contributed by atoms with Gasteiger partial charge in [0, 0.05) is 6.54 Å². The lowest BCUT2D eigenvalue weighted by Crippen LogP contribution is -2.42. The molecule has 0 radical (unpaired) electrons. The maximum absolute atomic E-state index is 2.54. The van der Waals surface area contributed by atoms with Gasteiger partial charge in [-0.25, -0.2) is 0 Å². The van der Waals surface area contributed by atoms with Crippen LogP contribution in [0.25, 0.3) is 0 Å². The van der Waals surface area contributed by atoms with Crippen LogP contribution >= 0.6 is 0 Å². The van der Waals surface area contributed by atoms with E-state index in [1.165, 1.54) is 64.5 Å². The van der Waals surface area contributed by atoms with E-state index < -0.39 is 0 Å². The van der Waals surface area contributed by atoms with Gasteiger partial charge in [-0.1, -0.05) is 39.5 Å². The summed E-state index contributed by atoms with van der Waals surface area (Å²) in [4.78, 5) is 2.54. The number of nitrogens with zero attached hydrogens (tertiary/aromatic N) is 1. The van der Waals surface area contributed by atoms with Gasteiger partial charge in [0.2, 0.25) is 0 Å². The molecule has 1 nitrogen and oxygen atoms in total. The first-order chi connectivity index (χ1) is 7.22. The highest BCUT2D eigenvalue weighted by Gasteiger charge is 2.34. The molecule has 2 rings (SSSR count). The smallest absolute Gasteiger partial charge is 0.00349 e. The van der Waals surface area contributed by atoms with Gasteiger partial charge in [-0.3, -0.25) is 0 Å². The Morgan fingerprint density at radius 2 is 1.47 bits per heavy atom. The van der Waals surface area contributed by atoms with Crippen molar-refractivity contribution in [3.8, 4) is 0 Å². The van der Waals surface area contributed by atoms with Crippen molar-refractivity contribution < 1.29 is 0 Å². The van der Waals surface area contributed by atoms with E-state index in [-0.39, 0.29) is 0 Å². The molecule has 0 unspecified atom stereocenters. The molecule has 90 valence electrons. The minimum Gasteiger partial charge on any atom is -0.306 e. The van der Waals surface area contributed by atoms with E-state index in [2.05, 4.69) is 25.8 Å². The van der Waals surface area contributed by atoms with Gasteiger partial charge in [0.25, 0.3) is 0 Å². The first-order valence-corrected chi connectivity index (χ1v) is 6.91. The SMILES string of the molecule is CCC.CN1CCCC2(CCCCC2)C1. The molecule has 1 heteroatoms. The number of hydrogen-bond donors (Lipinski definition) is 0. The fourth-order valence-corrected chi connectivity index (χ4v) is 3.16. The van der Waals surface area contributed by atoms with Crippen LogP contribution in [-0.4, -0.2) is 25.0 Å². The second-order valence-electron chi connectivity index (χ2n) is 5.61. The van der Waals surface area contributed by atoms with Crippen molar-refractivity contribution in [3.05, 3.63) is 0 Å². The van der Waals surface area contributed by atoms with Gasteiger partial charge < -0.3 is 4.90 Å². The second-order valence-corrected chi connectivity index (χ2v) is 5.61. The Hall–Kier alpha value is -0.0400. The lowest BCUT2D eigenvalue weighted by Gasteiger charge is -2.44. The molecule has 0 N–H and O–H groups in total. The summed E-state index contributed by atoms with van der Waals surface area (Å²) in [5.74, 6) is 0. The molecule has 1 saturated carbocycles. The molecule has 0 bridgehead atoms. The highest BCUT2D eigenvalue weighted by molar-refractivity contribution is 4.88. The fraction of sp³-hybridized carbons (Fsp3) is 1.00. The molecule has 1 aliphatic heterocycles. The van der Waals surface area contributed by atoms with Crippen molar-refractivity contribution in [2.45, 2.75) is 65.2 Å². The Kier molecular flexibility index (Phi) is 5.66. The molecule has 1 heterocycles. The Bertz CT molecular complexity index is 153. The molecule has 0 aromatic heterocycles. The Balaban J connectivity index is 0.000000337. The van der Waals surface area contributed by atoms with Crippen molar-refractivity contribution in [3.63, 3.8) is 0 Å². The molecule has 1 spiro atoms. The average Bonchev–Trinajstić information content (AvgIpc) is 2.19. The molecule has 0 atom stereocenters. The van der Waals surface area contributed by atoms with Gasteiger partial charge in [0.15, 0.2) is 0 Å². The zero-order valence-corrected chi connectivity index (χ0v) is 11.0. The normalized spacial score (nSPS) is 25.8. The predicted octanol–water partition coefficient (Wildman–Crippen LogP) is 4.08. The number of hydrogen-bond acceptors (Lipinski definition) is 1. The van der Waals surface area contributed by atoms with Crippen LogP contribution in [0.2, 0.25) is 0 Å². The van der Waals surface area contributed by atoms with Gasteiger partial charge in [0.1, 0.15) is 0 Å². The van der Waals surface area contributed by atoms with Crippen LogP contribution in [0.3, 0.4) is 0 Å². The second kappa shape index (κ2) is 6.52. The largest absolute Gasteiger partial charge is 0.306 e. The Morgan fingerprint density at radius 1 is 0.933 bits per heavy atom. The standard InChI is InChI=1S/C11H21N.C3H8/c1-12-9-5-8-11(10-12)6-3-2-4-7-11;1-3-2/h2-10H2,1H3;3H2,1-2H3. The first kappa shape index (κ1) is 13.0. The van der Waals surface area contributed by atoms with E-state index in [0.29, 0.717) is 0 Å². The van der Waals surface area contributed by atoms with Crippen molar-refractivity contribution in [1.82, 2.24) is 4.90 Å². The lowest BCUT2D eigenvalue weighted by atomic mass is 9.69. The molecular weight excluding hydrogens is 182 g/mol. The molecule has 0 aromatic rings. The quantitative estimate of drug-likeness (QED) is 0.583. The van der Waals surface area contributed by atoms with Crippen LogP contribution in [0.1, 0.15) is 65.2 Å². The summed E-state index contributed by atoms with van der Waals surface area (Å²) in [5.41, 5.74) is 0.755. The van der Waals surface area contributed by atoms with Gasteiger partial charge >= 0.3 is 0 Å². The number of rotatable bonds is 0. The first-order valence-electron chi connectivity index (χ1n) is 6.91. The zero-order chi connectivity index (χ0) is 11.1. The Labute approximate surface area is 96.2 Å². The van der Waals surface area contributed by atoms with Crippen LogP contribution in [0.5, 0.6) is 0 Å². The van der Waals surface area contributed by atoms with E-state index in [4.69, 9.17) is 0 Å². The van der Waals surface area contributed by atoms with E-state index >= 15 is 0 Å². The lowest BCUT2D eigenvalue weighted by molar-refractivity contribution is 0.0690. The monoisotopic (exact) mass is 211 g/mol. The zero-order valence-electron chi connectivity index (χ0n) is 11.0. The summed E-state index contributed by atoms with van der Waals surface area (Å²) in [6.07, 6.45) is 11.7. The molecule has 2 fully saturated rings. The van der Waals surface area contributed by atoms with Crippen LogP contribution in [0, 0.1) is 5.41 Å². The van der Waals surface area contributed by atoms with Gasteiger partial charge in [-0.2, -0.15) is 0 Å². The van der Waals surface area contributed by atoms with Crippen LogP contribution < -0.4 is 0 Å². The topological polar surface area (TPSA) is 3.24 Å². The third kappa shape index (κ3) is 4.14. The summed E-state index contributed by atoms with van der Waals surface area (Å²) in [6.45, 7) is 6.97.